The van der Waals surface area contributed by atoms with Crippen molar-refractivity contribution < 1.29 is 14.6 Å². The van der Waals surface area contributed by atoms with Crippen LogP contribution in [0, 0.1) is 6.92 Å². The molecule has 0 radical (unpaired) electrons. The number of ether oxygens (including phenoxy) is 1. The molecule has 6 heteroatoms. The van der Waals surface area contributed by atoms with Gasteiger partial charge in [0, 0.05) is 11.9 Å². The largest absolute Gasteiger partial charge is 0.496 e. The van der Waals surface area contributed by atoms with Crippen LogP contribution in [-0.4, -0.2) is 27.7 Å². The third kappa shape index (κ3) is 1.88. The number of aromatic nitrogens is 2. The summed E-state index contributed by atoms with van der Waals surface area (Å²) in [4.78, 5) is 25.2. The average Bonchev–Trinajstić information content (AvgIpc) is 2.68. The SMILES string of the molecule is COc1ccc(-n2c(C)c[nH]c2=O)cc1C(=O)O. The van der Waals surface area contributed by atoms with Gasteiger partial charge in [0.05, 0.1) is 12.8 Å². The molecule has 6 nitrogen and oxygen atoms in total. The highest BCUT2D eigenvalue weighted by Gasteiger charge is 2.14. The molecule has 0 aliphatic heterocycles. The number of aromatic amines is 1. The molecule has 0 spiro atoms. The number of hydrogen-bond acceptors (Lipinski definition) is 3. The van der Waals surface area contributed by atoms with Crippen LogP contribution in [0.3, 0.4) is 0 Å². The third-order valence-corrected chi connectivity index (χ3v) is 2.63. The Morgan fingerprint density at radius 2 is 2.17 bits per heavy atom. The van der Waals surface area contributed by atoms with E-state index in [9.17, 15) is 9.59 Å². The van der Waals surface area contributed by atoms with Crippen molar-refractivity contribution in [2.45, 2.75) is 6.92 Å². The van der Waals surface area contributed by atoms with Gasteiger partial charge in [-0.2, -0.15) is 0 Å². The standard InChI is InChI=1S/C12H12N2O4/c1-7-6-13-12(17)14(7)8-3-4-10(18-2)9(5-8)11(15)16/h3-6H,1-2H3,(H,13,17)(H,15,16). The van der Waals surface area contributed by atoms with E-state index in [1.807, 2.05) is 0 Å². The summed E-state index contributed by atoms with van der Waals surface area (Å²) in [5.41, 5.74) is 0.884. The number of methoxy groups -OCH3 is 1. The van der Waals surface area contributed by atoms with Gasteiger partial charge in [0.1, 0.15) is 11.3 Å². The summed E-state index contributed by atoms with van der Waals surface area (Å²) in [7, 11) is 1.40. The van der Waals surface area contributed by atoms with Gasteiger partial charge in [-0.3, -0.25) is 4.57 Å². The zero-order valence-corrected chi connectivity index (χ0v) is 9.93. The predicted octanol–water partition coefficient (Wildman–Crippen LogP) is 1.18. The lowest BCUT2D eigenvalue weighted by atomic mass is 10.1. The van der Waals surface area contributed by atoms with E-state index in [-0.39, 0.29) is 17.0 Å². The minimum atomic E-state index is -1.10. The van der Waals surface area contributed by atoms with Gasteiger partial charge in [-0.15, -0.1) is 0 Å². The number of nitrogens with zero attached hydrogens (tertiary/aromatic N) is 1. The van der Waals surface area contributed by atoms with Crippen molar-refractivity contribution in [2.75, 3.05) is 7.11 Å². The van der Waals surface area contributed by atoms with Gasteiger partial charge in [0.2, 0.25) is 0 Å². The molecule has 0 unspecified atom stereocenters. The Morgan fingerprint density at radius 1 is 1.44 bits per heavy atom. The molecular weight excluding hydrogens is 236 g/mol. The van der Waals surface area contributed by atoms with Crippen LogP contribution in [0.5, 0.6) is 5.75 Å². The van der Waals surface area contributed by atoms with Crippen molar-refractivity contribution in [3.63, 3.8) is 0 Å². The molecule has 0 saturated carbocycles. The van der Waals surface area contributed by atoms with Gasteiger partial charge >= 0.3 is 11.7 Å². The maximum atomic E-state index is 11.6. The fourth-order valence-electron chi connectivity index (χ4n) is 1.78. The highest BCUT2D eigenvalue weighted by atomic mass is 16.5. The molecule has 0 atom stereocenters. The molecule has 1 heterocycles. The van der Waals surface area contributed by atoms with E-state index < -0.39 is 5.97 Å². The molecule has 0 saturated heterocycles. The number of imidazole rings is 1. The third-order valence-electron chi connectivity index (χ3n) is 2.63. The molecule has 2 aromatic rings. The molecule has 0 fully saturated rings. The molecule has 0 bridgehead atoms. The predicted molar refractivity (Wildman–Crippen MR) is 64.6 cm³/mol. The number of benzene rings is 1. The number of H-pyrrole nitrogens is 1. The van der Waals surface area contributed by atoms with E-state index in [4.69, 9.17) is 9.84 Å². The second kappa shape index (κ2) is 4.40. The van der Waals surface area contributed by atoms with Crippen LogP contribution in [0.25, 0.3) is 5.69 Å². The van der Waals surface area contributed by atoms with Crippen molar-refractivity contribution in [1.82, 2.24) is 9.55 Å². The minimum Gasteiger partial charge on any atom is -0.496 e. The first-order valence-corrected chi connectivity index (χ1v) is 5.23. The van der Waals surface area contributed by atoms with Gasteiger partial charge in [-0.05, 0) is 25.1 Å². The number of carboxylic acid groups (broad SMARTS) is 1. The van der Waals surface area contributed by atoms with Crippen molar-refractivity contribution >= 4 is 5.97 Å². The summed E-state index contributed by atoms with van der Waals surface area (Å²) in [6.07, 6.45) is 1.56. The molecule has 2 rings (SSSR count). The number of rotatable bonds is 3. The van der Waals surface area contributed by atoms with E-state index in [0.717, 1.165) is 0 Å². The second-order valence-corrected chi connectivity index (χ2v) is 3.76. The maximum Gasteiger partial charge on any atom is 0.339 e. The molecule has 94 valence electrons. The lowest BCUT2D eigenvalue weighted by Crippen LogP contribution is -2.16. The minimum absolute atomic E-state index is 0.0162. The van der Waals surface area contributed by atoms with Crippen LogP contribution in [0.2, 0.25) is 0 Å². The van der Waals surface area contributed by atoms with Crippen LogP contribution in [0.1, 0.15) is 16.1 Å². The number of aryl methyl sites for hydroxylation is 1. The summed E-state index contributed by atoms with van der Waals surface area (Å²) < 4.78 is 6.36. The molecule has 0 aliphatic rings. The first-order valence-electron chi connectivity index (χ1n) is 5.23. The van der Waals surface area contributed by atoms with Crippen molar-refractivity contribution in [2.24, 2.45) is 0 Å². The molecule has 1 aromatic carbocycles. The van der Waals surface area contributed by atoms with E-state index in [1.165, 1.54) is 23.8 Å². The second-order valence-electron chi connectivity index (χ2n) is 3.76. The highest BCUT2D eigenvalue weighted by molar-refractivity contribution is 5.91. The number of aromatic carboxylic acids is 1. The van der Waals surface area contributed by atoms with E-state index >= 15 is 0 Å². The lowest BCUT2D eigenvalue weighted by Gasteiger charge is -2.08. The Kier molecular flexibility index (Phi) is 2.93. The van der Waals surface area contributed by atoms with E-state index in [2.05, 4.69) is 4.98 Å². The Balaban J connectivity index is 2.64. The van der Waals surface area contributed by atoms with Crippen LogP contribution in [0.15, 0.2) is 29.2 Å². The smallest absolute Gasteiger partial charge is 0.339 e. The summed E-state index contributed by atoms with van der Waals surface area (Å²) in [5, 5.41) is 9.08. The van der Waals surface area contributed by atoms with Crippen molar-refractivity contribution in [3.05, 3.63) is 46.1 Å². The van der Waals surface area contributed by atoms with Gasteiger partial charge < -0.3 is 14.8 Å². The molecule has 18 heavy (non-hydrogen) atoms. The maximum absolute atomic E-state index is 11.6. The Morgan fingerprint density at radius 3 is 2.67 bits per heavy atom. The summed E-state index contributed by atoms with van der Waals surface area (Å²) in [6.45, 7) is 1.75. The van der Waals surface area contributed by atoms with Gasteiger partial charge in [0.15, 0.2) is 0 Å². The Bertz CT molecular complexity index is 654. The fourth-order valence-corrected chi connectivity index (χ4v) is 1.78. The van der Waals surface area contributed by atoms with Crippen LogP contribution in [-0.2, 0) is 0 Å². The quantitative estimate of drug-likeness (QED) is 0.854. The van der Waals surface area contributed by atoms with Crippen molar-refractivity contribution in [1.29, 1.82) is 0 Å². The normalized spacial score (nSPS) is 10.3. The molecule has 2 N–H and O–H groups in total. The molecule has 0 amide bonds. The lowest BCUT2D eigenvalue weighted by molar-refractivity contribution is 0.0693. The van der Waals surface area contributed by atoms with E-state index in [1.54, 1.807) is 19.2 Å². The molecule has 1 aromatic heterocycles. The molecular formula is C12H12N2O4. The van der Waals surface area contributed by atoms with E-state index in [0.29, 0.717) is 11.4 Å². The van der Waals surface area contributed by atoms with Gasteiger partial charge in [-0.25, -0.2) is 9.59 Å². The zero-order valence-electron chi connectivity index (χ0n) is 9.93. The van der Waals surface area contributed by atoms with Crippen LogP contribution >= 0.6 is 0 Å². The number of nitrogens with one attached hydrogen (secondary N) is 1. The Hall–Kier alpha value is -2.50. The van der Waals surface area contributed by atoms with Crippen LogP contribution < -0.4 is 10.4 Å². The van der Waals surface area contributed by atoms with Crippen molar-refractivity contribution in [3.8, 4) is 11.4 Å². The number of carboxylic acids is 1. The van der Waals surface area contributed by atoms with Gasteiger partial charge in [-0.1, -0.05) is 0 Å². The monoisotopic (exact) mass is 248 g/mol. The summed E-state index contributed by atoms with van der Waals surface area (Å²) in [6, 6.07) is 4.56. The Labute approximate surface area is 102 Å². The fraction of sp³-hybridized carbons (Fsp3) is 0.167. The summed E-state index contributed by atoms with van der Waals surface area (Å²) >= 11 is 0. The zero-order chi connectivity index (χ0) is 13.3. The highest BCUT2D eigenvalue weighted by Crippen LogP contribution is 2.21. The molecule has 0 aliphatic carbocycles. The number of carbonyl (C=O) groups is 1. The van der Waals surface area contributed by atoms with Crippen LogP contribution in [0.4, 0.5) is 0 Å². The first kappa shape index (κ1) is 12.0. The average molecular weight is 248 g/mol. The van der Waals surface area contributed by atoms with Gasteiger partial charge in [0.25, 0.3) is 0 Å². The first-order chi connectivity index (χ1) is 8.54. The summed E-state index contributed by atoms with van der Waals surface area (Å²) in [5.74, 6) is -0.845. The topological polar surface area (TPSA) is 84.3 Å². The number of hydrogen-bond donors (Lipinski definition) is 2.